The molecule has 0 radical (unpaired) electrons. The fourth-order valence-electron chi connectivity index (χ4n) is 3.25. The summed E-state index contributed by atoms with van der Waals surface area (Å²) in [6.45, 7) is 8.37. The largest absolute Gasteiger partial charge is 0.342 e. The number of hydrogen-bond acceptors (Lipinski definition) is 6. The molecule has 1 aromatic carbocycles. The smallest absolute Gasteiger partial charge is 0.272 e. The number of hydrogen-bond donors (Lipinski definition) is 2. The summed E-state index contributed by atoms with van der Waals surface area (Å²) >= 11 is 0. The third-order valence-corrected chi connectivity index (χ3v) is 4.60. The lowest BCUT2D eigenvalue weighted by Gasteiger charge is -2.34. The Hall–Kier alpha value is -2.25. The highest BCUT2D eigenvalue weighted by molar-refractivity contribution is 6.12. The van der Waals surface area contributed by atoms with Crippen LogP contribution in [-0.4, -0.2) is 65.1 Å². The van der Waals surface area contributed by atoms with Crippen molar-refractivity contribution in [1.82, 2.24) is 20.0 Å². The van der Waals surface area contributed by atoms with E-state index in [1.807, 2.05) is 12.1 Å². The highest BCUT2D eigenvalue weighted by atomic mass is 16.1. The van der Waals surface area contributed by atoms with Gasteiger partial charge < -0.3 is 10.2 Å². The summed E-state index contributed by atoms with van der Waals surface area (Å²) in [7, 11) is 0. The third-order valence-electron chi connectivity index (χ3n) is 4.60. The molecule has 7 heteroatoms. The molecule has 4 rings (SSSR count). The summed E-state index contributed by atoms with van der Waals surface area (Å²) in [5.74, 6) is 1.48. The SMILES string of the molecule is CCN1CCN(CC2=Nc3n[nH]c(=O)c4cccc(c34)N2)CC1. The van der Waals surface area contributed by atoms with Crippen molar-refractivity contribution in [2.45, 2.75) is 6.92 Å². The molecule has 0 unspecified atom stereocenters. The number of aromatic amines is 1. The lowest BCUT2D eigenvalue weighted by Crippen LogP contribution is -2.48. The number of aromatic nitrogens is 2. The van der Waals surface area contributed by atoms with Crippen molar-refractivity contribution >= 4 is 28.1 Å². The van der Waals surface area contributed by atoms with Crippen molar-refractivity contribution in [3.8, 4) is 0 Å². The summed E-state index contributed by atoms with van der Waals surface area (Å²) in [6.07, 6.45) is 0. The van der Waals surface area contributed by atoms with Gasteiger partial charge in [-0.3, -0.25) is 9.69 Å². The monoisotopic (exact) mass is 312 g/mol. The average molecular weight is 312 g/mol. The van der Waals surface area contributed by atoms with Gasteiger partial charge in [-0.1, -0.05) is 13.0 Å². The van der Waals surface area contributed by atoms with Gasteiger partial charge in [0, 0.05) is 26.2 Å². The molecule has 7 nitrogen and oxygen atoms in total. The standard InChI is InChI=1S/C16H20N6O/c1-2-21-6-8-22(9-7-21)10-13-17-12-5-3-4-11-14(12)15(18-13)19-20-16(11)23/h3-5H,2,6-10H2,1H3,(H,20,23)(H,17,18,19). The normalized spacial score (nSPS) is 18.7. The average Bonchev–Trinajstić information content (AvgIpc) is 2.59. The van der Waals surface area contributed by atoms with E-state index in [0.29, 0.717) is 11.2 Å². The molecule has 0 bridgehead atoms. The molecule has 2 aromatic rings. The Morgan fingerprint density at radius 3 is 2.74 bits per heavy atom. The molecular weight excluding hydrogens is 292 g/mol. The summed E-state index contributed by atoms with van der Waals surface area (Å²) in [4.78, 5) is 21.3. The van der Waals surface area contributed by atoms with E-state index in [1.165, 1.54) is 0 Å². The second-order valence-electron chi connectivity index (χ2n) is 6.00. The van der Waals surface area contributed by atoms with Crippen molar-refractivity contribution in [1.29, 1.82) is 0 Å². The van der Waals surface area contributed by atoms with Crippen LogP contribution in [0.15, 0.2) is 28.0 Å². The molecule has 2 aliphatic heterocycles. The lowest BCUT2D eigenvalue weighted by molar-refractivity contribution is 0.151. The van der Waals surface area contributed by atoms with Crippen molar-refractivity contribution in [3.63, 3.8) is 0 Å². The third kappa shape index (κ3) is 2.62. The minimum atomic E-state index is -0.179. The molecule has 1 aromatic heterocycles. The Bertz CT molecular complexity index is 819. The van der Waals surface area contributed by atoms with Gasteiger partial charge in [-0.2, -0.15) is 5.10 Å². The van der Waals surface area contributed by atoms with Crippen LogP contribution >= 0.6 is 0 Å². The van der Waals surface area contributed by atoms with Gasteiger partial charge in [0.15, 0.2) is 5.82 Å². The number of rotatable bonds is 3. The number of aliphatic imine (C=N–C) groups is 1. The van der Waals surface area contributed by atoms with Crippen molar-refractivity contribution in [2.24, 2.45) is 4.99 Å². The van der Waals surface area contributed by atoms with Crippen molar-refractivity contribution < 1.29 is 0 Å². The highest BCUT2D eigenvalue weighted by Gasteiger charge is 2.21. The first-order valence-corrected chi connectivity index (χ1v) is 8.05. The predicted molar refractivity (Wildman–Crippen MR) is 91.6 cm³/mol. The van der Waals surface area contributed by atoms with E-state index in [4.69, 9.17) is 0 Å². The van der Waals surface area contributed by atoms with Crippen LogP contribution in [0, 0.1) is 0 Å². The number of nitrogens with one attached hydrogen (secondary N) is 2. The van der Waals surface area contributed by atoms with Gasteiger partial charge in [-0.05, 0) is 18.7 Å². The quantitative estimate of drug-likeness (QED) is 0.885. The van der Waals surface area contributed by atoms with Crippen molar-refractivity contribution in [3.05, 3.63) is 28.6 Å². The number of nitrogens with zero attached hydrogens (tertiary/aromatic N) is 4. The Labute approximate surface area is 134 Å². The lowest BCUT2D eigenvalue weighted by atomic mass is 10.1. The molecule has 1 fully saturated rings. The van der Waals surface area contributed by atoms with E-state index in [0.717, 1.165) is 56.2 Å². The van der Waals surface area contributed by atoms with E-state index in [2.05, 4.69) is 37.2 Å². The number of amidine groups is 1. The molecule has 0 saturated carbocycles. The van der Waals surface area contributed by atoms with Crippen LogP contribution in [0.25, 0.3) is 10.8 Å². The number of likely N-dealkylation sites (N-methyl/N-ethyl adjacent to an activating group) is 1. The molecule has 120 valence electrons. The van der Waals surface area contributed by atoms with Crippen LogP contribution in [-0.2, 0) is 0 Å². The van der Waals surface area contributed by atoms with Gasteiger partial charge in [0.25, 0.3) is 5.56 Å². The zero-order valence-corrected chi connectivity index (χ0v) is 13.2. The maximum absolute atomic E-state index is 11.9. The van der Waals surface area contributed by atoms with Gasteiger partial charge in [0.05, 0.1) is 23.0 Å². The molecule has 2 N–H and O–H groups in total. The summed E-state index contributed by atoms with van der Waals surface area (Å²) in [5.41, 5.74) is 0.732. The van der Waals surface area contributed by atoms with Gasteiger partial charge in [-0.15, -0.1) is 0 Å². The molecule has 23 heavy (non-hydrogen) atoms. The molecule has 2 aliphatic rings. The second-order valence-corrected chi connectivity index (χ2v) is 6.00. The van der Waals surface area contributed by atoms with Gasteiger partial charge in [-0.25, -0.2) is 10.1 Å². The maximum atomic E-state index is 11.9. The Morgan fingerprint density at radius 2 is 1.96 bits per heavy atom. The molecule has 1 saturated heterocycles. The molecule has 3 heterocycles. The number of benzene rings is 1. The van der Waals surface area contributed by atoms with E-state index in [-0.39, 0.29) is 5.56 Å². The molecule has 0 aliphatic carbocycles. The zero-order valence-electron chi connectivity index (χ0n) is 13.2. The first-order valence-electron chi connectivity index (χ1n) is 8.05. The van der Waals surface area contributed by atoms with E-state index >= 15 is 0 Å². The Morgan fingerprint density at radius 1 is 1.17 bits per heavy atom. The molecule has 0 spiro atoms. The Kier molecular flexibility index (Phi) is 3.59. The first-order chi connectivity index (χ1) is 11.2. The van der Waals surface area contributed by atoms with Gasteiger partial charge in [0.2, 0.25) is 0 Å². The van der Waals surface area contributed by atoms with Crippen LogP contribution in [0.5, 0.6) is 0 Å². The van der Waals surface area contributed by atoms with Crippen LogP contribution in [0.3, 0.4) is 0 Å². The summed E-state index contributed by atoms with van der Waals surface area (Å²) in [6, 6.07) is 5.65. The predicted octanol–water partition coefficient (Wildman–Crippen LogP) is 1.02. The fourth-order valence-corrected chi connectivity index (χ4v) is 3.25. The first kappa shape index (κ1) is 14.3. The minimum Gasteiger partial charge on any atom is -0.342 e. The Balaban J connectivity index is 1.59. The van der Waals surface area contributed by atoms with Crippen LogP contribution in [0.4, 0.5) is 11.5 Å². The molecule has 0 amide bonds. The second kappa shape index (κ2) is 5.75. The van der Waals surface area contributed by atoms with Gasteiger partial charge in [0.1, 0.15) is 5.84 Å². The summed E-state index contributed by atoms with van der Waals surface area (Å²) in [5, 5.41) is 11.4. The molecule has 0 atom stereocenters. The van der Waals surface area contributed by atoms with Gasteiger partial charge >= 0.3 is 0 Å². The summed E-state index contributed by atoms with van der Waals surface area (Å²) < 4.78 is 0. The van der Waals surface area contributed by atoms with Crippen LogP contribution in [0.2, 0.25) is 0 Å². The van der Waals surface area contributed by atoms with E-state index < -0.39 is 0 Å². The minimum absolute atomic E-state index is 0.179. The number of H-pyrrole nitrogens is 1. The zero-order chi connectivity index (χ0) is 15.8. The number of piperazine rings is 1. The number of anilines is 1. The van der Waals surface area contributed by atoms with Crippen LogP contribution < -0.4 is 10.9 Å². The van der Waals surface area contributed by atoms with Crippen LogP contribution in [0.1, 0.15) is 6.92 Å². The van der Waals surface area contributed by atoms with Crippen molar-refractivity contribution in [2.75, 3.05) is 44.6 Å². The molecular formula is C16H20N6O. The maximum Gasteiger partial charge on any atom is 0.272 e. The van der Waals surface area contributed by atoms with E-state index in [9.17, 15) is 4.79 Å². The topological polar surface area (TPSA) is 76.6 Å². The highest BCUT2D eigenvalue weighted by Crippen LogP contribution is 2.31. The van der Waals surface area contributed by atoms with E-state index in [1.54, 1.807) is 6.07 Å². The fraction of sp³-hybridized carbons (Fsp3) is 0.438.